The van der Waals surface area contributed by atoms with Gasteiger partial charge in [0, 0.05) is 29.7 Å². The van der Waals surface area contributed by atoms with Gasteiger partial charge in [0.25, 0.3) is 0 Å². The summed E-state index contributed by atoms with van der Waals surface area (Å²) in [5.41, 5.74) is 6.27. The summed E-state index contributed by atoms with van der Waals surface area (Å²) in [5, 5.41) is 7.54. The summed E-state index contributed by atoms with van der Waals surface area (Å²) >= 11 is 0. The fourth-order valence-electron chi connectivity index (χ4n) is 6.49. The normalized spacial score (nSPS) is 29.4. The summed E-state index contributed by atoms with van der Waals surface area (Å²) in [6.07, 6.45) is 27.0. The van der Waals surface area contributed by atoms with Gasteiger partial charge in [0.15, 0.2) is 0 Å². The molecular formula is C34H35N3. The Morgan fingerprint density at radius 1 is 0.784 bits per heavy atom. The van der Waals surface area contributed by atoms with Crippen molar-refractivity contribution in [1.82, 2.24) is 0 Å². The molecule has 0 amide bonds. The zero-order chi connectivity index (χ0) is 25.0. The second kappa shape index (κ2) is 10.7. The minimum atomic E-state index is 0.0227. The fraction of sp³-hybridized carbons (Fsp3) is 0.294. The van der Waals surface area contributed by atoms with E-state index in [1.165, 1.54) is 34.3 Å². The van der Waals surface area contributed by atoms with Crippen LogP contribution in [0.3, 0.4) is 0 Å². The van der Waals surface area contributed by atoms with Crippen LogP contribution in [0.2, 0.25) is 0 Å². The van der Waals surface area contributed by atoms with Crippen molar-refractivity contribution in [3.63, 3.8) is 0 Å². The van der Waals surface area contributed by atoms with E-state index < -0.39 is 0 Å². The standard InChI is InChI=1S/C34H35N3/c35-24-10-14-27-13-4-7-17-31(36-34(27)26-11-2-1-3-12-26)25-20-22-28(23-21-25)37-32-18-8-5-15-29(32)30-16-6-9-19-33(30)37/h1-3,5-6,8-9,11-12,14-16,18-24,29-30,32-35H,4,7,10,13,17H2/b27-14+,35-24?,36-31?. The van der Waals surface area contributed by atoms with E-state index in [1.807, 2.05) is 0 Å². The van der Waals surface area contributed by atoms with Crippen molar-refractivity contribution in [2.75, 3.05) is 4.90 Å². The Morgan fingerprint density at radius 2 is 1.43 bits per heavy atom. The highest BCUT2D eigenvalue weighted by Gasteiger charge is 2.45. The lowest BCUT2D eigenvalue weighted by Gasteiger charge is -2.32. The van der Waals surface area contributed by atoms with Gasteiger partial charge in [-0.3, -0.25) is 4.99 Å². The van der Waals surface area contributed by atoms with Crippen LogP contribution in [-0.4, -0.2) is 24.0 Å². The molecule has 1 saturated heterocycles. The summed E-state index contributed by atoms with van der Waals surface area (Å²) in [4.78, 5) is 7.99. The van der Waals surface area contributed by atoms with Crippen molar-refractivity contribution >= 4 is 17.6 Å². The van der Waals surface area contributed by atoms with Crippen molar-refractivity contribution in [1.29, 1.82) is 5.41 Å². The van der Waals surface area contributed by atoms with Gasteiger partial charge in [0.2, 0.25) is 0 Å². The van der Waals surface area contributed by atoms with Gasteiger partial charge in [-0.1, -0.05) is 97.1 Å². The lowest BCUT2D eigenvalue weighted by atomic mass is 9.83. The van der Waals surface area contributed by atoms with Gasteiger partial charge in [-0.25, -0.2) is 0 Å². The molecule has 37 heavy (non-hydrogen) atoms. The SMILES string of the molecule is N=CC/C=C1\CCCCC(c2ccc(N3C4C=CC=CC4C4C=CC=CC43)cc2)=NC1c1ccccc1. The smallest absolute Gasteiger partial charge is 0.0963 e. The van der Waals surface area contributed by atoms with E-state index in [4.69, 9.17) is 10.4 Å². The molecule has 4 aliphatic rings. The van der Waals surface area contributed by atoms with Gasteiger partial charge < -0.3 is 10.3 Å². The predicted molar refractivity (Wildman–Crippen MR) is 156 cm³/mol. The summed E-state index contributed by atoms with van der Waals surface area (Å²) in [7, 11) is 0. The highest BCUT2D eigenvalue weighted by atomic mass is 15.2. The Labute approximate surface area is 220 Å². The highest BCUT2D eigenvalue weighted by molar-refractivity contribution is 6.01. The van der Waals surface area contributed by atoms with Crippen LogP contribution in [0.1, 0.15) is 49.3 Å². The molecule has 2 aliphatic carbocycles. The van der Waals surface area contributed by atoms with Gasteiger partial charge in [0.1, 0.15) is 0 Å². The van der Waals surface area contributed by atoms with Crippen molar-refractivity contribution in [2.24, 2.45) is 16.8 Å². The quantitative estimate of drug-likeness (QED) is 0.341. The predicted octanol–water partition coefficient (Wildman–Crippen LogP) is 7.80. The molecule has 2 heterocycles. The van der Waals surface area contributed by atoms with E-state index >= 15 is 0 Å². The first-order valence-corrected chi connectivity index (χ1v) is 13.7. The molecule has 1 N–H and O–H groups in total. The summed E-state index contributed by atoms with van der Waals surface area (Å²) in [6, 6.07) is 20.6. The van der Waals surface area contributed by atoms with E-state index in [2.05, 4.69) is 114 Å². The molecule has 2 aliphatic heterocycles. The van der Waals surface area contributed by atoms with Crippen LogP contribution < -0.4 is 4.90 Å². The number of rotatable bonds is 5. The first-order chi connectivity index (χ1) is 18.3. The Morgan fingerprint density at radius 3 is 2.11 bits per heavy atom. The molecule has 186 valence electrons. The summed E-state index contributed by atoms with van der Waals surface area (Å²) in [6.45, 7) is 0. The van der Waals surface area contributed by atoms with E-state index in [1.54, 1.807) is 0 Å². The number of benzene rings is 2. The Bertz CT molecular complexity index is 1260. The first kappa shape index (κ1) is 23.7. The lowest BCUT2D eigenvalue weighted by molar-refractivity contribution is 0.527. The number of nitrogens with zero attached hydrogens (tertiary/aromatic N) is 2. The third-order valence-electron chi connectivity index (χ3n) is 8.26. The Kier molecular flexibility index (Phi) is 6.86. The van der Waals surface area contributed by atoms with E-state index in [-0.39, 0.29) is 6.04 Å². The van der Waals surface area contributed by atoms with Crippen LogP contribution >= 0.6 is 0 Å². The molecule has 0 saturated carbocycles. The van der Waals surface area contributed by atoms with Crippen LogP contribution in [0.5, 0.6) is 0 Å². The number of nitrogens with one attached hydrogen (secondary N) is 1. The molecule has 6 rings (SSSR count). The molecule has 0 bridgehead atoms. The summed E-state index contributed by atoms with van der Waals surface area (Å²) < 4.78 is 0. The van der Waals surface area contributed by atoms with Gasteiger partial charge in [0.05, 0.1) is 18.1 Å². The minimum Gasteiger partial charge on any atom is -0.357 e. The lowest BCUT2D eigenvalue weighted by Crippen LogP contribution is -2.36. The van der Waals surface area contributed by atoms with Gasteiger partial charge >= 0.3 is 0 Å². The molecule has 2 aromatic carbocycles. The van der Waals surface area contributed by atoms with Gasteiger partial charge in [-0.15, -0.1) is 0 Å². The molecule has 3 nitrogen and oxygen atoms in total. The van der Waals surface area contributed by atoms with E-state index in [9.17, 15) is 0 Å². The summed E-state index contributed by atoms with van der Waals surface area (Å²) in [5.74, 6) is 1.03. The first-order valence-electron chi connectivity index (χ1n) is 13.7. The highest BCUT2D eigenvalue weighted by Crippen LogP contribution is 2.44. The average Bonchev–Trinajstić information content (AvgIpc) is 3.28. The molecular weight excluding hydrogens is 450 g/mol. The molecule has 5 unspecified atom stereocenters. The van der Waals surface area contributed by atoms with Crippen LogP contribution in [-0.2, 0) is 0 Å². The van der Waals surface area contributed by atoms with Gasteiger partial charge in [-0.05, 0) is 60.7 Å². The third-order valence-corrected chi connectivity index (χ3v) is 8.26. The molecule has 1 fully saturated rings. The van der Waals surface area contributed by atoms with Crippen molar-refractivity contribution in [3.05, 3.63) is 126 Å². The molecule has 3 heteroatoms. The zero-order valence-corrected chi connectivity index (χ0v) is 21.3. The fourth-order valence-corrected chi connectivity index (χ4v) is 6.49. The number of hydrogen-bond donors (Lipinski definition) is 1. The maximum Gasteiger partial charge on any atom is 0.0963 e. The van der Waals surface area contributed by atoms with Crippen LogP contribution in [0.15, 0.2) is 120 Å². The van der Waals surface area contributed by atoms with Crippen LogP contribution in [0, 0.1) is 17.2 Å². The zero-order valence-electron chi connectivity index (χ0n) is 21.3. The maximum atomic E-state index is 7.54. The Balaban J connectivity index is 1.33. The second-order valence-corrected chi connectivity index (χ2v) is 10.4. The Hall–Kier alpha value is -3.72. The van der Waals surface area contributed by atoms with Gasteiger partial charge in [-0.2, -0.15) is 0 Å². The maximum absolute atomic E-state index is 7.54. The van der Waals surface area contributed by atoms with Crippen molar-refractivity contribution in [2.45, 2.75) is 50.2 Å². The number of hydrogen-bond acceptors (Lipinski definition) is 3. The number of fused-ring (bicyclic) bond motifs is 3. The topological polar surface area (TPSA) is 39.5 Å². The van der Waals surface area contributed by atoms with Crippen molar-refractivity contribution in [3.8, 4) is 0 Å². The third kappa shape index (κ3) is 4.71. The molecule has 0 spiro atoms. The molecule has 0 aromatic heterocycles. The second-order valence-electron chi connectivity index (χ2n) is 10.4. The van der Waals surface area contributed by atoms with Crippen molar-refractivity contribution < 1.29 is 0 Å². The van der Waals surface area contributed by atoms with Crippen LogP contribution in [0.4, 0.5) is 5.69 Å². The molecule has 5 atom stereocenters. The van der Waals surface area contributed by atoms with E-state index in [0.29, 0.717) is 30.3 Å². The molecule has 0 radical (unpaired) electrons. The van der Waals surface area contributed by atoms with Crippen LogP contribution in [0.25, 0.3) is 0 Å². The number of anilines is 1. The monoisotopic (exact) mass is 485 g/mol. The number of allylic oxidation sites excluding steroid dienone is 5. The number of aliphatic imine (C=N–C) groups is 1. The van der Waals surface area contributed by atoms with E-state index in [0.717, 1.165) is 25.7 Å². The molecule has 2 aromatic rings. The minimum absolute atomic E-state index is 0.0227. The largest absolute Gasteiger partial charge is 0.357 e. The average molecular weight is 486 g/mol.